The van der Waals surface area contributed by atoms with Crippen LogP contribution in [0.25, 0.3) is 0 Å². The molecule has 1 heterocycles. The molecule has 0 aliphatic rings. The van der Waals surface area contributed by atoms with Gasteiger partial charge in [0.25, 0.3) is 0 Å². The summed E-state index contributed by atoms with van der Waals surface area (Å²) in [6, 6.07) is 3.20. The second-order valence-electron chi connectivity index (χ2n) is 4.10. The van der Waals surface area contributed by atoms with Crippen LogP contribution in [0.1, 0.15) is 6.92 Å². The number of nitrogens with zero attached hydrogens (tertiary/aromatic N) is 3. The third-order valence-corrected chi connectivity index (χ3v) is 3.66. The second kappa shape index (κ2) is 6.00. The Bertz CT molecular complexity index is 632. The third-order valence-electron chi connectivity index (χ3n) is 2.51. The van der Waals surface area contributed by atoms with E-state index >= 15 is 0 Å². The maximum absolute atomic E-state index is 13.0. The minimum absolute atomic E-state index is 0.208. The fourth-order valence-electron chi connectivity index (χ4n) is 1.41. The van der Waals surface area contributed by atoms with Crippen molar-refractivity contribution in [2.24, 2.45) is 7.05 Å². The van der Waals surface area contributed by atoms with Crippen molar-refractivity contribution in [3.63, 3.8) is 0 Å². The summed E-state index contributed by atoms with van der Waals surface area (Å²) in [5.41, 5.74) is 0.208. The van der Waals surface area contributed by atoms with Gasteiger partial charge < -0.3 is 9.88 Å². The smallest absolute Gasteiger partial charge is 0.237 e. The number of halogens is 2. The van der Waals surface area contributed by atoms with Crippen LogP contribution in [0, 0.1) is 11.6 Å². The van der Waals surface area contributed by atoms with Crippen LogP contribution in [0.3, 0.4) is 0 Å². The molecular formula is C12H12F2N4OS. The number of rotatable bonds is 4. The van der Waals surface area contributed by atoms with Crippen LogP contribution in [-0.2, 0) is 11.8 Å². The van der Waals surface area contributed by atoms with E-state index in [0.717, 1.165) is 12.1 Å². The second-order valence-corrected chi connectivity index (χ2v) is 5.41. The summed E-state index contributed by atoms with van der Waals surface area (Å²) in [6.07, 6.45) is 1.53. The number of thioether (sulfide) groups is 1. The van der Waals surface area contributed by atoms with E-state index in [4.69, 9.17) is 0 Å². The lowest BCUT2D eigenvalue weighted by Crippen LogP contribution is -2.22. The van der Waals surface area contributed by atoms with Crippen molar-refractivity contribution < 1.29 is 13.6 Å². The van der Waals surface area contributed by atoms with E-state index in [0.29, 0.717) is 5.16 Å². The van der Waals surface area contributed by atoms with Gasteiger partial charge in [-0.2, -0.15) is 0 Å². The van der Waals surface area contributed by atoms with E-state index in [2.05, 4.69) is 15.5 Å². The molecule has 5 nitrogen and oxygen atoms in total. The molecule has 106 valence electrons. The lowest BCUT2D eigenvalue weighted by Gasteiger charge is -2.11. The standard InChI is InChI=1S/C12H12F2N4OS/c1-7(20-12-17-15-6-18(12)2)11(19)16-8-3-4-9(13)10(14)5-8/h3-7H,1-2H3,(H,16,19). The van der Waals surface area contributed by atoms with Gasteiger partial charge >= 0.3 is 0 Å². The zero-order valence-corrected chi connectivity index (χ0v) is 11.6. The number of nitrogens with one attached hydrogen (secondary N) is 1. The van der Waals surface area contributed by atoms with Crippen LogP contribution in [0.5, 0.6) is 0 Å². The fraction of sp³-hybridized carbons (Fsp3) is 0.250. The Hall–Kier alpha value is -1.96. The molecule has 0 spiro atoms. The van der Waals surface area contributed by atoms with Gasteiger partial charge in [-0.15, -0.1) is 10.2 Å². The molecule has 1 amide bonds. The highest BCUT2D eigenvalue weighted by molar-refractivity contribution is 8.00. The number of aromatic nitrogens is 3. The largest absolute Gasteiger partial charge is 0.325 e. The van der Waals surface area contributed by atoms with Crippen LogP contribution in [0.2, 0.25) is 0 Å². The number of amides is 1. The normalized spacial score (nSPS) is 12.2. The Morgan fingerprint density at radius 3 is 2.75 bits per heavy atom. The highest BCUT2D eigenvalue weighted by atomic mass is 32.2. The van der Waals surface area contributed by atoms with Crippen molar-refractivity contribution in [1.29, 1.82) is 0 Å². The first-order valence-electron chi connectivity index (χ1n) is 5.74. The predicted molar refractivity (Wildman–Crippen MR) is 71.3 cm³/mol. The average Bonchev–Trinajstić information content (AvgIpc) is 2.79. The Labute approximate surface area is 118 Å². The minimum atomic E-state index is -1.00. The summed E-state index contributed by atoms with van der Waals surface area (Å²) in [5, 5.41) is 10.2. The average molecular weight is 298 g/mol. The van der Waals surface area contributed by atoms with Gasteiger partial charge in [0, 0.05) is 18.8 Å². The van der Waals surface area contributed by atoms with Gasteiger partial charge in [-0.05, 0) is 19.1 Å². The molecule has 0 radical (unpaired) electrons. The number of anilines is 1. The quantitative estimate of drug-likeness (QED) is 0.879. The zero-order chi connectivity index (χ0) is 14.7. The number of aryl methyl sites for hydroxylation is 1. The molecule has 1 N–H and O–H groups in total. The molecule has 0 aliphatic carbocycles. The Morgan fingerprint density at radius 2 is 2.15 bits per heavy atom. The molecule has 1 unspecified atom stereocenters. The molecule has 1 aromatic heterocycles. The molecule has 0 saturated carbocycles. The number of benzene rings is 1. The van der Waals surface area contributed by atoms with Crippen LogP contribution >= 0.6 is 11.8 Å². The van der Waals surface area contributed by atoms with E-state index in [-0.39, 0.29) is 11.6 Å². The Morgan fingerprint density at radius 1 is 1.40 bits per heavy atom. The molecule has 0 fully saturated rings. The van der Waals surface area contributed by atoms with Gasteiger partial charge in [0.2, 0.25) is 5.91 Å². The van der Waals surface area contributed by atoms with Gasteiger partial charge in [-0.1, -0.05) is 11.8 Å². The van der Waals surface area contributed by atoms with Gasteiger partial charge in [0.15, 0.2) is 16.8 Å². The molecule has 0 aliphatic heterocycles. The molecule has 1 atom stereocenters. The summed E-state index contributed by atoms with van der Waals surface area (Å²) in [7, 11) is 1.77. The number of hydrogen-bond acceptors (Lipinski definition) is 4. The van der Waals surface area contributed by atoms with Crippen LogP contribution in [0.15, 0.2) is 29.7 Å². The summed E-state index contributed by atoms with van der Waals surface area (Å²) < 4.78 is 27.5. The molecule has 1 aromatic carbocycles. The van der Waals surface area contributed by atoms with Gasteiger partial charge in [-0.25, -0.2) is 8.78 Å². The monoisotopic (exact) mass is 298 g/mol. The third kappa shape index (κ3) is 3.32. The maximum atomic E-state index is 13.0. The lowest BCUT2D eigenvalue weighted by molar-refractivity contribution is -0.115. The molecule has 2 rings (SSSR count). The minimum Gasteiger partial charge on any atom is -0.325 e. The molecule has 8 heteroatoms. The number of carbonyl (C=O) groups is 1. The van der Waals surface area contributed by atoms with E-state index in [9.17, 15) is 13.6 Å². The molecule has 20 heavy (non-hydrogen) atoms. The topological polar surface area (TPSA) is 59.8 Å². The van der Waals surface area contributed by atoms with Crippen LogP contribution < -0.4 is 5.32 Å². The van der Waals surface area contributed by atoms with E-state index in [1.807, 2.05) is 0 Å². The first-order chi connectivity index (χ1) is 9.47. The molecular weight excluding hydrogens is 286 g/mol. The number of carbonyl (C=O) groups excluding carboxylic acids is 1. The van der Waals surface area contributed by atoms with Gasteiger partial charge in [0.1, 0.15) is 6.33 Å². The SMILES string of the molecule is CC(Sc1nncn1C)C(=O)Nc1ccc(F)c(F)c1. The zero-order valence-electron chi connectivity index (χ0n) is 10.8. The predicted octanol–water partition coefficient (Wildman–Crippen LogP) is 2.21. The van der Waals surface area contributed by atoms with Crippen molar-refractivity contribution in [2.45, 2.75) is 17.3 Å². The van der Waals surface area contributed by atoms with Gasteiger partial charge in [0.05, 0.1) is 5.25 Å². The van der Waals surface area contributed by atoms with Crippen LogP contribution in [-0.4, -0.2) is 25.9 Å². The number of hydrogen-bond donors (Lipinski definition) is 1. The van der Waals surface area contributed by atoms with Crippen LogP contribution in [0.4, 0.5) is 14.5 Å². The summed E-state index contributed by atoms with van der Waals surface area (Å²) in [5.74, 6) is -2.29. The molecule has 0 bridgehead atoms. The van der Waals surface area contributed by atoms with Crippen molar-refractivity contribution in [2.75, 3.05) is 5.32 Å². The van der Waals surface area contributed by atoms with E-state index in [1.165, 1.54) is 24.2 Å². The van der Waals surface area contributed by atoms with Crippen molar-refractivity contribution in [3.8, 4) is 0 Å². The summed E-state index contributed by atoms with van der Waals surface area (Å²) >= 11 is 1.22. The van der Waals surface area contributed by atoms with Gasteiger partial charge in [-0.3, -0.25) is 4.79 Å². The Balaban J connectivity index is 2.00. The first-order valence-corrected chi connectivity index (χ1v) is 6.62. The maximum Gasteiger partial charge on any atom is 0.237 e. The Kier molecular flexibility index (Phi) is 4.33. The van der Waals surface area contributed by atoms with E-state index in [1.54, 1.807) is 18.5 Å². The van der Waals surface area contributed by atoms with Crippen molar-refractivity contribution in [1.82, 2.24) is 14.8 Å². The molecule has 2 aromatic rings. The summed E-state index contributed by atoms with van der Waals surface area (Å²) in [6.45, 7) is 1.69. The summed E-state index contributed by atoms with van der Waals surface area (Å²) in [4.78, 5) is 11.9. The van der Waals surface area contributed by atoms with Crippen molar-refractivity contribution >= 4 is 23.4 Å². The first kappa shape index (κ1) is 14.4. The fourth-order valence-corrected chi connectivity index (χ4v) is 2.20. The highest BCUT2D eigenvalue weighted by Gasteiger charge is 2.17. The highest BCUT2D eigenvalue weighted by Crippen LogP contribution is 2.21. The van der Waals surface area contributed by atoms with Crippen molar-refractivity contribution in [3.05, 3.63) is 36.2 Å². The molecule has 0 saturated heterocycles. The lowest BCUT2D eigenvalue weighted by atomic mass is 10.3. The van der Waals surface area contributed by atoms with E-state index < -0.39 is 16.9 Å².